The van der Waals surface area contributed by atoms with Crippen molar-refractivity contribution in [1.29, 1.82) is 0 Å². The molecule has 0 aromatic carbocycles. The van der Waals surface area contributed by atoms with E-state index in [9.17, 15) is 14.7 Å². The number of esters is 2. The number of fused-ring (bicyclic) bond motifs is 2. The van der Waals surface area contributed by atoms with Gasteiger partial charge >= 0.3 is 11.9 Å². The third-order valence-corrected chi connectivity index (χ3v) is 10.8. The largest absolute Gasteiger partial charge is 0.466 e. The molecular formula is C32H46O5. The zero-order chi connectivity index (χ0) is 27.4. The van der Waals surface area contributed by atoms with Gasteiger partial charge in [0.2, 0.25) is 5.79 Å². The summed E-state index contributed by atoms with van der Waals surface area (Å²) in [6, 6.07) is 0. The molecule has 37 heavy (non-hydrogen) atoms. The van der Waals surface area contributed by atoms with Crippen LogP contribution in [-0.2, 0) is 19.1 Å². The van der Waals surface area contributed by atoms with Crippen molar-refractivity contribution in [2.24, 2.45) is 34.0 Å². The molecule has 0 amide bonds. The lowest BCUT2D eigenvalue weighted by atomic mass is 9.50. The van der Waals surface area contributed by atoms with Gasteiger partial charge in [0.1, 0.15) is 0 Å². The van der Waals surface area contributed by atoms with E-state index in [2.05, 4.69) is 53.3 Å². The van der Waals surface area contributed by atoms with Crippen molar-refractivity contribution in [3.05, 3.63) is 47.1 Å². The van der Waals surface area contributed by atoms with E-state index >= 15 is 0 Å². The van der Waals surface area contributed by atoms with E-state index in [4.69, 9.17) is 9.47 Å². The Morgan fingerprint density at radius 3 is 2.59 bits per heavy atom. The lowest BCUT2D eigenvalue weighted by Crippen LogP contribution is -2.47. The van der Waals surface area contributed by atoms with Crippen LogP contribution >= 0.6 is 0 Å². The number of hydrogen-bond acceptors (Lipinski definition) is 5. The quantitative estimate of drug-likeness (QED) is 0.286. The molecule has 4 rings (SSSR count). The number of ether oxygens (including phenoxy) is 2. The molecule has 1 saturated carbocycles. The van der Waals surface area contributed by atoms with E-state index in [0.717, 1.165) is 32.1 Å². The number of allylic oxidation sites excluding steroid dienone is 5. The lowest BCUT2D eigenvalue weighted by molar-refractivity contribution is -0.187. The molecule has 0 radical (unpaired) electrons. The van der Waals surface area contributed by atoms with Crippen molar-refractivity contribution in [3.8, 4) is 0 Å². The van der Waals surface area contributed by atoms with Gasteiger partial charge in [-0.15, -0.1) is 0 Å². The Morgan fingerprint density at radius 1 is 1.30 bits per heavy atom. The zero-order valence-corrected chi connectivity index (χ0v) is 23.9. The molecule has 0 bridgehead atoms. The summed E-state index contributed by atoms with van der Waals surface area (Å²) in [6.07, 6.45) is 12.0. The fourth-order valence-corrected chi connectivity index (χ4v) is 8.69. The van der Waals surface area contributed by atoms with E-state index < -0.39 is 11.8 Å². The molecule has 1 heterocycles. The maximum Gasteiger partial charge on any atom is 0.336 e. The second kappa shape index (κ2) is 9.55. The minimum atomic E-state index is -1.54. The van der Waals surface area contributed by atoms with Crippen LogP contribution in [0.4, 0.5) is 0 Å². The first kappa shape index (κ1) is 27.9. The third kappa shape index (κ3) is 4.26. The Morgan fingerprint density at radius 2 is 2.00 bits per heavy atom. The van der Waals surface area contributed by atoms with Crippen molar-refractivity contribution < 1.29 is 24.2 Å². The summed E-state index contributed by atoms with van der Waals surface area (Å²) >= 11 is 0. The fraction of sp³-hybridized carbons (Fsp3) is 0.688. The van der Waals surface area contributed by atoms with E-state index in [0.29, 0.717) is 36.9 Å². The molecule has 0 saturated heterocycles. The molecule has 3 aliphatic carbocycles. The Kier molecular flexibility index (Phi) is 7.20. The first-order valence-electron chi connectivity index (χ1n) is 14.1. The van der Waals surface area contributed by atoms with Gasteiger partial charge in [-0.2, -0.15) is 0 Å². The summed E-state index contributed by atoms with van der Waals surface area (Å²) in [5.41, 5.74) is 4.29. The molecule has 1 fully saturated rings. The van der Waals surface area contributed by atoms with Gasteiger partial charge in [-0.05, 0) is 94.5 Å². The molecular weight excluding hydrogens is 464 g/mol. The molecule has 1 N–H and O–H groups in total. The highest BCUT2D eigenvalue weighted by Gasteiger charge is 2.64. The minimum absolute atomic E-state index is 0.0712. The van der Waals surface area contributed by atoms with Gasteiger partial charge in [0, 0.05) is 23.8 Å². The molecule has 204 valence electrons. The van der Waals surface area contributed by atoms with Crippen LogP contribution in [0, 0.1) is 34.0 Å². The van der Waals surface area contributed by atoms with E-state index in [1.165, 1.54) is 16.7 Å². The number of carbonyl (C=O) groups excluding carboxylic acids is 2. The standard InChI is InChI=1S/C32H46O5/c1-9-36-27(33)14-15-29(7)24(20(2)3)10-11-26-25(29)13-17-32(26)22(5)12-16-30(32,8)23(6)19-31(35)18-21(4)28(34)37-31/h11-12,18,23-25,35H,2,9-10,13-17,19H2,1,3-8H3/t23-,24+,25-,29+,30+,31?,32+/m1/s1. The molecule has 1 unspecified atom stereocenters. The van der Waals surface area contributed by atoms with Gasteiger partial charge in [-0.25, -0.2) is 4.79 Å². The average molecular weight is 511 g/mol. The van der Waals surface area contributed by atoms with Crippen LogP contribution < -0.4 is 0 Å². The predicted octanol–water partition coefficient (Wildman–Crippen LogP) is 6.83. The van der Waals surface area contributed by atoms with Gasteiger partial charge in [0.15, 0.2) is 0 Å². The van der Waals surface area contributed by atoms with Crippen molar-refractivity contribution in [2.45, 2.75) is 99.2 Å². The summed E-state index contributed by atoms with van der Waals surface area (Å²) in [7, 11) is 0. The van der Waals surface area contributed by atoms with Crippen LogP contribution in [0.3, 0.4) is 0 Å². The number of aliphatic hydroxyl groups is 1. The van der Waals surface area contributed by atoms with Crippen LogP contribution in [-0.4, -0.2) is 29.4 Å². The normalized spacial score (nSPS) is 39.6. The highest BCUT2D eigenvalue weighted by atomic mass is 16.7. The predicted molar refractivity (Wildman–Crippen MR) is 145 cm³/mol. The SMILES string of the molecule is C=C(C)[C@@H]1CC=C2[C@@H](CC[C@]23C(C)=CC[C@@]3(C)[C@H](C)CC2(O)C=C(C)C(=O)O2)[C@@]1(C)CCC(=O)OCC. The Bertz CT molecular complexity index is 1080. The summed E-state index contributed by atoms with van der Waals surface area (Å²) < 4.78 is 10.7. The summed E-state index contributed by atoms with van der Waals surface area (Å²) in [4.78, 5) is 24.5. The van der Waals surface area contributed by atoms with E-state index in [-0.39, 0.29) is 28.1 Å². The highest BCUT2D eigenvalue weighted by molar-refractivity contribution is 5.90. The topological polar surface area (TPSA) is 72.8 Å². The maximum absolute atomic E-state index is 12.4. The molecule has 1 aliphatic heterocycles. The maximum atomic E-state index is 12.4. The Balaban J connectivity index is 1.69. The van der Waals surface area contributed by atoms with E-state index in [1.807, 2.05) is 6.92 Å². The van der Waals surface area contributed by atoms with Crippen molar-refractivity contribution in [2.75, 3.05) is 6.61 Å². The summed E-state index contributed by atoms with van der Waals surface area (Å²) in [5, 5.41) is 11.1. The first-order valence-corrected chi connectivity index (χ1v) is 14.1. The number of hydrogen-bond donors (Lipinski definition) is 1. The average Bonchev–Trinajstić information content (AvgIpc) is 3.42. The van der Waals surface area contributed by atoms with E-state index in [1.54, 1.807) is 13.0 Å². The Hall–Kier alpha value is -2.14. The molecule has 5 heteroatoms. The van der Waals surface area contributed by atoms with Gasteiger partial charge in [0.25, 0.3) is 0 Å². The molecule has 1 spiro atoms. The van der Waals surface area contributed by atoms with Gasteiger partial charge < -0.3 is 14.6 Å². The second-order valence-electron chi connectivity index (χ2n) is 12.8. The van der Waals surface area contributed by atoms with Crippen LogP contribution in [0.2, 0.25) is 0 Å². The molecule has 7 atom stereocenters. The monoisotopic (exact) mass is 510 g/mol. The second-order valence-corrected chi connectivity index (χ2v) is 12.8. The minimum Gasteiger partial charge on any atom is -0.466 e. The van der Waals surface area contributed by atoms with Crippen LogP contribution in [0.25, 0.3) is 0 Å². The molecule has 5 nitrogen and oxygen atoms in total. The number of carbonyl (C=O) groups is 2. The molecule has 0 aromatic rings. The van der Waals surface area contributed by atoms with Crippen molar-refractivity contribution >= 4 is 11.9 Å². The van der Waals surface area contributed by atoms with Crippen molar-refractivity contribution in [3.63, 3.8) is 0 Å². The van der Waals surface area contributed by atoms with Crippen molar-refractivity contribution in [1.82, 2.24) is 0 Å². The van der Waals surface area contributed by atoms with Crippen LogP contribution in [0.1, 0.15) is 93.4 Å². The van der Waals surface area contributed by atoms with Gasteiger partial charge in [0.05, 0.1) is 6.61 Å². The highest BCUT2D eigenvalue weighted by Crippen LogP contribution is 2.72. The van der Waals surface area contributed by atoms with Gasteiger partial charge in [-0.1, -0.05) is 56.2 Å². The van der Waals surface area contributed by atoms with Crippen LogP contribution in [0.5, 0.6) is 0 Å². The smallest absolute Gasteiger partial charge is 0.336 e. The molecule has 4 aliphatic rings. The summed E-state index contributed by atoms with van der Waals surface area (Å²) in [5.74, 6) is -1.31. The Labute approximate surface area is 223 Å². The lowest BCUT2D eigenvalue weighted by Gasteiger charge is -2.53. The zero-order valence-electron chi connectivity index (χ0n) is 23.9. The van der Waals surface area contributed by atoms with Crippen LogP contribution in [0.15, 0.2) is 47.1 Å². The molecule has 0 aromatic heterocycles. The fourth-order valence-electron chi connectivity index (χ4n) is 8.69. The van der Waals surface area contributed by atoms with Gasteiger partial charge in [-0.3, -0.25) is 4.79 Å². The first-order chi connectivity index (χ1) is 17.2. The number of cyclic esters (lactones) is 1. The number of rotatable bonds is 8. The third-order valence-electron chi connectivity index (χ3n) is 10.8. The summed E-state index contributed by atoms with van der Waals surface area (Å²) in [6.45, 7) is 19.7.